The van der Waals surface area contributed by atoms with Gasteiger partial charge in [0.1, 0.15) is 0 Å². The van der Waals surface area contributed by atoms with Crippen LogP contribution in [0.2, 0.25) is 0 Å². The van der Waals surface area contributed by atoms with Gasteiger partial charge in [0.25, 0.3) is 0 Å². The van der Waals surface area contributed by atoms with Crippen LogP contribution in [0.3, 0.4) is 0 Å². The van der Waals surface area contributed by atoms with Gasteiger partial charge in [0.15, 0.2) is 0 Å². The van der Waals surface area contributed by atoms with E-state index >= 15 is 0 Å². The van der Waals surface area contributed by atoms with E-state index in [0.717, 1.165) is 32.4 Å². The third-order valence-corrected chi connectivity index (χ3v) is 5.01. The highest BCUT2D eigenvalue weighted by Crippen LogP contribution is 2.09. The summed E-state index contributed by atoms with van der Waals surface area (Å²) in [6, 6.07) is 8.52. The molecule has 0 aliphatic carbocycles. The summed E-state index contributed by atoms with van der Waals surface area (Å²) in [7, 11) is -3.33. The molecule has 1 heterocycles. The summed E-state index contributed by atoms with van der Waals surface area (Å²) in [6.45, 7) is 3.94. The van der Waals surface area contributed by atoms with Crippen molar-refractivity contribution in [2.45, 2.75) is 30.6 Å². The molecule has 0 saturated carbocycles. The third-order valence-electron chi connectivity index (χ3n) is 3.53. The summed E-state index contributed by atoms with van der Waals surface area (Å²) in [5.41, 5.74) is 0. The highest BCUT2D eigenvalue weighted by molar-refractivity contribution is 7.89. The van der Waals surface area contributed by atoms with Crippen LogP contribution in [0.5, 0.6) is 0 Å². The molecule has 0 bridgehead atoms. The van der Waals surface area contributed by atoms with Crippen LogP contribution in [0.4, 0.5) is 0 Å². The minimum absolute atomic E-state index is 0.340. The van der Waals surface area contributed by atoms with Gasteiger partial charge in [-0.25, -0.2) is 13.1 Å². The zero-order valence-corrected chi connectivity index (χ0v) is 12.6. The van der Waals surface area contributed by atoms with Crippen LogP contribution in [0.25, 0.3) is 0 Å². The normalized spacial score (nSPS) is 16.6. The first kappa shape index (κ1) is 15.5. The Hall–Kier alpha value is -0.910. The van der Waals surface area contributed by atoms with Gasteiger partial charge in [-0.15, -0.1) is 0 Å². The fourth-order valence-corrected chi connectivity index (χ4v) is 3.46. The highest BCUT2D eigenvalue weighted by atomic mass is 32.2. The topological polar surface area (TPSA) is 49.4 Å². The lowest BCUT2D eigenvalue weighted by Crippen LogP contribution is -2.25. The van der Waals surface area contributed by atoms with Crippen LogP contribution in [-0.4, -0.2) is 39.5 Å². The van der Waals surface area contributed by atoms with Gasteiger partial charge in [0.05, 0.1) is 4.90 Å². The van der Waals surface area contributed by atoms with Crippen molar-refractivity contribution in [1.82, 2.24) is 9.62 Å². The number of benzene rings is 1. The monoisotopic (exact) mass is 295 g/mol. The van der Waals surface area contributed by atoms with Gasteiger partial charge in [-0.2, -0.15) is 0 Å². The molecule has 0 atom stereocenters. The SMILES string of the molecule is O=S(=O)(NCCCCCN1C[CH]CC1)c1ccccc1. The van der Waals surface area contributed by atoms with E-state index in [1.54, 1.807) is 24.3 Å². The lowest BCUT2D eigenvalue weighted by Gasteiger charge is -2.13. The van der Waals surface area contributed by atoms with Gasteiger partial charge in [-0.3, -0.25) is 0 Å². The molecule has 1 aromatic rings. The van der Waals surface area contributed by atoms with Crippen molar-refractivity contribution in [3.05, 3.63) is 36.8 Å². The minimum Gasteiger partial charge on any atom is -0.303 e. The number of likely N-dealkylation sites (tertiary alicyclic amines) is 1. The summed E-state index contributed by atoms with van der Waals surface area (Å²) < 4.78 is 26.6. The summed E-state index contributed by atoms with van der Waals surface area (Å²) in [6.07, 6.45) is 6.61. The molecule has 111 valence electrons. The quantitative estimate of drug-likeness (QED) is 0.747. The number of unbranched alkanes of at least 4 members (excludes halogenated alkanes) is 2. The molecule has 1 fully saturated rings. The maximum Gasteiger partial charge on any atom is 0.240 e. The Morgan fingerprint density at radius 3 is 2.60 bits per heavy atom. The van der Waals surface area contributed by atoms with Gasteiger partial charge >= 0.3 is 0 Å². The number of hydrogen-bond acceptors (Lipinski definition) is 3. The predicted octanol–water partition coefficient (Wildman–Crippen LogP) is 2.05. The maximum atomic E-state index is 12.0. The van der Waals surface area contributed by atoms with Crippen molar-refractivity contribution in [2.24, 2.45) is 0 Å². The molecule has 0 aromatic heterocycles. The smallest absolute Gasteiger partial charge is 0.240 e. The molecule has 1 aliphatic heterocycles. The maximum absolute atomic E-state index is 12.0. The molecule has 5 heteroatoms. The molecule has 2 rings (SSSR count). The highest BCUT2D eigenvalue weighted by Gasteiger charge is 2.12. The van der Waals surface area contributed by atoms with Gasteiger partial charge in [0.2, 0.25) is 10.0 Å². The van der Waals surface area contributed by atoms with Crippen LogP contribution in [0.15, 0.2) is 35.2 Å². The Morgan fingerprint density at radius 1 is 1.10 bits per heavy atom. The lowest BCUT2D eigenvalue weighted by atomic mass is 10.2. The van der Waals surface area contributed by atoms with Crippen molar-refractivity contribution in [1.29, 1.82) is 0 Å². The van der Waals surface area contributed by atoms with Crippen molar-refractivity contribution < 1.29 is 8.42 Å². The first-order valence-electron chi connectivity index (χ1n) is 7.27. The second kappa shape index (κ2) is 7.76. The van der Waals surface area contributed by atoms with Crippen LogP contribution in [-0.2, 0) is 10.0 Å². The molecule has 0 amide bonds. The van der Waals surface area contributed by atoms with Crippen LogP contribution < -0.4 is 4.72 Å². The van der Waals surface area contributed by atoms with E-state index in [2.05, 4.69) is 16.0 Å². The van der Waals surface area contributed by atoms with E-state index in [-0.39, 0.29) is 0 Å². The average molecular weight is 295 g/mol. The second-order valence-electron chi connectivity index (χ2n) is 5.15. The number of nitrogens with zero attached hydrogens (tertiary/aromatic N) is 1. The van der Waals surface area contributed by atoms with Gasteiger partial charge in [0, 0.05) is 13.1 Å². The van der Waals surface area contributed by atoms with Crippen LogP contribution in [0, 0.1) is 6.42 Å². The van der Waals surface area contributed by atoms with Crippen molar-refractivity contribution in [3.63, 3.8) is 0 Å². The fraction of sp³-hybridized carbons (Fsp3) is 0.533. The number of hydrogen-bond donors (Lipinski definition) is 1. The summed E-state index contributed by atoms with van der Waals surface area (Å²) >= 11 is 0. The van der Waals surface area contributed by atoms with Crippen molar-refractivity contribution >= 4 is 10.0 Å². The van der Waals surface area contributed by atoms with E-state index in [1.165, 1.54) is 13.0 Å². The summed E-state index contributed by atoms with van der Waals surface area (Å²) in [4.78, 5) is 2.78. The molecule has 1 N–H and O–H groups in total. The molecule has 4 nitrogen and oxygen atoms in total. The molecule has 1 radical (unpaired) electrons. The molecular weight excluding hydrogens is 272 g/mol. The zero-order chi connectivity index (χ0) is 14.3. The first-order chi connectivity index (χ1) is 9.68. The van der Waals surface area contributed by atoms with E-state index in [1.807, 2.05) is 6.07 Å². The fourth-order valence-electron chi connectivity index (χ4n) is 2.37. The molecule has 0 spiro atoms. The van der Waals surface area contributed by atoms with E-state index in [4.69, 9.17) is 0 Å². The Labute approximate surface area is 122 Å². The Morgan fingerprint density at radius 2 is 1.90 bits per heavy atom. The van der Waals surface area contributed by atoms with E-state index in [0.29, 0.717) is 11.4 Å². The van der Waals surface area contributed by atoms with Crippen LogP contribution in [0.1, 0.15) is 25.7 Å². The number of nitrogens with one attached hydrogen (secondary N) is 1. The second-order valence-corrected chi connectivity index (χ2v) is 6.92. The molecule has 1 aliphatic rings. The zero-order valence-electron chi connectivity index (χ0n) is 11.8. The number of sulfonamides is 1. The van der Waals surface area contributed by atoms with E-state index < -0.39 is 10.0 Å². The van der Waals surface area contributed by atoms with Crippen molar-refractivity contribution in [3.8, 4) is 0 Å². The van der Waals surface area contributed by atoms with Crippen molar-refractivity contribution in [2.75, 3.05) is 26.2 Å². The molecular formula is C15H23N2O2S. The predicted molar refractivity (Wildman–Crippen MR) is 80.8 cm³/mol. The standard InChI is InChI=1S/C15H23N2O2S/c18-20(19,15-9-3-1-4-10-15)16-11-5-2-6-12-17-13-7-8-14-17/h1,3-4,7,9-10,16H,2,5-6,8,11-14H2. The molecule has 1 saturated heterocycles. The van der Waals surface area contributed by atoms with Gasteiger partial charge < -0.3 is 4.90 Å². The third kappa shape index (κ3) is 4.89. The van der Waals surface area contributed by atoms with Crippen LogP contribution >= 0.6 is 0 Å². The van der Waals surface area contributed by atoms with Gasteiger partial charge in [-0.05, 0) is 50.9 Å². The van der Waals surface area contributed by atoms with Gasteiger partial charge in [-0.1, -0.05) is 24.6 Å². The van der Waals surface area contributed by atoms with E-state index in [9.17, 15) is 8.42 Å². The Bertz CT molecular complexity index is 482. The summed E-state index contributed by atoms with van der Waals surface area (Å²) in [5.74, 6) is 0. The average Bonchev–Trinajstić information content (AvgIpc) is 2.97. The molecule has 0 unspecified atom stereocenters. The number of rotatable bonds is 8. The Balaban J connectivity index is 1.60. The molecule has 20 heavy (non-hydrogen) atoms. The lowest BCUT2D eigenvalue weighted by molar-refractivity contribution is 0.333. The largest absolute Gasteiger partial charge is 0.303 e. The first-order valence-corrected chi connectivity index (χ1v) is 8.75. The Kier molecular flexibility index (Phi) is 6.01. The minimum atomic E-state index is -3.33. The molecule has 1 aromatic carbocycles. The summed E-state index contributed by atoms with van der Waals surface area (Å²) in [5, 5.41) is 0.